The Hall–Kier alpha value is -1.61. The predicted octanol–water partition coefficient (Wildman–Crippen LogP) is 3.86. The maximum absolute atomic E-state index is 4.63. The lowest BCUT2D eigenvalue weighted by atomic mass is 10.0. The lowest BCUT2D eigenvalue weighted by Crippen LogP contribution is -2.16. The van der Waals surface area contributed by atoms with E-state index in [9.17, 15) is 0 Å². The van der Waals surface area contributed by atoms with E-state index >= 15 is 0 Å². The topological polar surface area (TPSA) is 29.9 Å². The molecule has 3 heteroatoms. The van der Waals surface area contributed by atoms with E-state index in [4.69, 9.17) is 0 Å². The minimum atomic E-state index is 0.481. The summed E-state index contributed by atoms with van der Waals surface area (Å²) in [7, 11) is 0. The van der Waals surface area contributed by atoms with Crippen molar-refractivity contribution in [1.29, 1.82) is 0 Å². The predicted molar refractivity (Wildman–Crippen MR) is 88.6 cm³/mol. The summed E-state index contributed by atoms with van der Waals surface area (Å²) in [5, 5.41) is 8.11. The molecule has 0 fully saturated rings. The Morgan fingerprint density at radius 3 is 2.62 bits per heavy atom. The Bertz CT molecular complexity index is 570. The lowest BCUT2D eigenvalue weighted by Gasteiger charge is -2.14. The lowest BCUT2D eigenvalue weighted by molar-refractivity contribution is 0.604. The van der Waals surface area contributed by atoms with Crippen molar-refractivity contribution in [1.82, 2.24) is 15.1 Å². The van der Waals surface area contributed by atoms with Crippen LogP contribution in [0.2, 0.25) is 0 Å². The second-order valence-electron chi connectivity index (χ2n) is 5.97. The highest BCUT2D eigenvalue weighted by Crippen LogP contribution is 2.21. The summed E-state index contributed by atoms with van der Waals surface area (Å²) in [5.41, 5.74) is 5.35. The van der Waals surface area contributed by atoms with E-state index in [1.807, 2.05) is 6.20 Å². The summed E-state index contributed by atoms with van der Waals surface area (Å²) in [6.07, 6.45) is 3.19. The first-order valence-electron chi connectivity index (χ1n) is 7.93. The van der Waals surface area contributed by atoms with E-state index in [-0.39, 0.29) is 0 Å². The van der Waals surface area contributed by atoms with Gasteiger partial charge in [0, 0.05) is 17.8 Å². The Kier molecular flexibility index (Phi) is 5.57. The van der Waals surface area contributed by atoms with Gasteiger partial charge in [-0.1, -0.05) is 45.0 Å². The van der Waals surface area contributed by atoms with Crippen molar-refractivity contribution in [3.05, 3.63) is 52.8 Å². The van der Waals surface area contributed by atoms with Gasteiger partial charge in [0.05, 0.1) is 12.7 Å². The standard InChI is InChI=1S/C18H27N3/c1-5-10-19-11-17-12-20-21(18(17)14(2)3)13-16-9-7-6-8-15(16)4/h6-9,12,14,19H,5,10-11,13H2,1-4H3. The van der Waals surface area contributed by atoms with Crippen LogP contribution in [0.3, 0.4) is 0 Å². The van der Waals surface area contributed by atoms with Crippen molar-refractivity contribution in [2.45, 2.75) is 53.1 Å². The third kappa shape index (κ3) is 3.94. The van der Waals surface area contributed by atoms with Crippen LogP contribution in [0.25, 0.3) is 0 Å². The van der Waals surface area contributed by atoms with Gasteiger partial charge in [0.2, 0.25) is 0 Å². The van der Waals surface area contributed by atoms with Gasteiger partial charge in [0.15, 0.2) is 0 Å². The SMILES string of the molecule is CCCNCc1cnn(Cc2ccccc2C)c1C(C)C. The van der Waals surface area contributed by atoms with Crippen LogP contribution in [0, 0.1) is 6.92 Å². The molecule has 1 heterocycles. The van der Waals surface area contributed by atoms with Crippen molar-refractivity contribution in [2.24, 2.45) is 0 Å². The summed E-state index contributed by atoms with van der Waals surface area (Å²) in [6, 6.07) is 8.55. The highest BCUT2D eigenvalue weighted by atomic mass is 15.3. The van der Waals surface area contributed by atoms with E-state index in [2.05, 4.69) is 67.1 Å². The van der Waals surface area contributed by atoms with E-state index in [1.54, 1.807) is 0 Å². The van der Waals surface area contributed by atoms with Gasteiger partial charge in [-0.25, -0.2) is 0 Å². The number of nitrogens with zero attached hydrogens (tertiary/aromatic N) is 2. The largest absolute Gasteiger partial charge is 0.313 e. The second kappa shape index (κ2) is 7.41. The first kappa shape index (κ1) is 15.8. The molecule has 0 amide bonds. The van der Waals surface area contributed by atoms with Gasteiger partial charge in [-0.05, 0) is 36.9 Å². The molecule has 0 saturated carbocycles. The average molecular weight is 285 g/mol. The minimum absolute atomic E-state index is 0.481. The molecule has 1 aromatic heterocycles. The molecular formula is C18H27N3. The fourth-order valence-electron chi connectivity index (χ4n) is 2.71. The number of nitrogens with one attached hydrogen (secondary N) is 1. The fourth-order valence-corrected chi connectivity index (χ4v) is 2.71. The molecule has 114 valence electrons. The molecule has 0 saturated heterocycles. The van der Waals surface area contributed by atoms with Gasteiger partial charge in [-0.2, -0.15) is 5.10 Å². The molecule has 2 rings (SSSR count). The number of benzene rings is 1. The Balaban J connectivity index is 2.21. The van der Waals surface area contributed by atoms with E-state index in [1.165, 1.54) is 22.4 Å². The van der Waals surface area contributed by atoms with Gasteiger partial charge in [-0.3, -0.25) is 4.68 Å². The van der Waals surface area contributed by atoms with Crippen molar-refractivity contribution >= 4 is 0 Å². The molecule has 21 heavy (non-hydrogen) atoms. The molecule has 0 aliphatic heterocycles. The van der Waals surface area contributed by atoms with Crippen molar-refractivity contribution < 1.29 is 0 Å². The molecule has 0 atom stereocenters. The zero-order valence-corrected chi connectivity index (χ0v) is 13.7. The summed E-state index contributed by atoms with van der Waals surface area (Å²) in [6.45, 7) is 11.7. The number of rotatable bonds is 7. The van der Waals surface area contributed by atoms with Crippen LogP contribution in [0.1, 0.15) is 55.5 Å². The van der Waals surface area contributed by atoms with Crippen LogP contribution in [0.4, 0.5) is 0 Å². The average Bonchev–Trinajstić information content (AvgIpc) is 2.85. The van der Waals surface area contributed by atoms with Gasteiger partial charge in [-0.15, -0.1) is 0 Å². The molecule has 1 aromatic carbocycles. The summed E-state index contributed by atoms with van der Waals surface area (Å²) < 4.78 is 2.16. The van der Waals surface area contributed by atoms with E-state index in [0.29, 0.717) is 5.92 Å². The molecule has 1 N–H and O–H groups in total. The van der Waals surface area contributed by atoms with Crippen LogP contribution in [0.15, 0.2) is 30.5 Å². The molecule has 0 bridgehead atoms. The van der Waals surface area contributed by atoms with Gasteiger partial charge >= 0.3 is 0 Å². The molecule has 0 unspecified atom stereocenters. The van der Waals surface area contributed by atoms with Crippen LogP contribution in [-0.2, 0) is 13.1 Å². The molecule has 0 aliphatic carbocycles. The minimum Gasteiger partial charge on any atom is -0.313 e. The fraction of sp³-hybridized carbons (Fsp3) is 0.500. The van der Waals surface area contributed by atoms with Crippen LogP contribution >= 0.6 is 0 Å². The number of hydrogen-bond donors (Lipinski definition) is 1. The maximum Gasteiger partial charge on any atom is 0.0665 e. The zero-order chi connectivity index (χ0) is 15.2. The summed E-state index contributed by atoms with van der Waals surface area (Å²) in [4.78, 5) is 0. The van der Waals surface area contributed by atoms with Crippen LogP contribution < -0.4 is 5.32 Å². The Morgan fingerprint density at radius 1 is 1.19 bits per heavy atom. The molecule has 0 spiro atoms. The Labute approximate surface area is 128 Å². The maximum atomic E-state index is 4.63. The van der Waals surface area contributed by atoms with Crippen molar-refractivity contribution in [3.8, 4) is 0 Å². The molecule has 3 nitrogen and oxygen atoms in total. The first-order chi connectivity index (χ1) is 10.1. The third-order valence-electron chi connectivity index (χ3n) is 3.83. The van der Waals surface area contributed by atoms with Crippen LogP contribution in [0.5, 0.6) is 0 Å². The monoisotopic (exact) mass is 285 g/mol. The smallest absolute Gasteiger partial charge is 0.0665 e. The normalized spacial score (nSPS) is 11.3. The quantitative estimate of drug-likeness (QED) is 0.783. The van der Waals surface area contributed by atoms with E-state index < -0.39 is 0 Å². The molecule has 2 aromatic rings. The van der Waals surface area contributed by atoms with Crippen LogP contribution in [-0.4, -0.2) is 16.3 Å². The number of hydrogen-bond acceptors (Lipinski definition) is 2. The van der Waals surface area contributed by atoms with Crippen molar-refractivity contribution in [2.75, 3.05) is 6.54 Å². The van der Waals surface area contributed by atoms with Gasteiger partial charge in [0.25, 0.3) is 0 Å². The molecule has 0 radical (unpaired) electrons. The van der Waals surface area contributed by atoms with Gasteiger partial charge < -0.3 is 5.32 Å². The molecule has 0 aliphatic rings. The van der Waals surface area contributed by atoms with E-state index in [0.717, 1.165) is 26.1 Å². The zero-order valence-electron chi connectivity index (χ0n) is 13.7. The summed E-state index contributed by atoms with van der Waals surface area (Å²) >= 11 is 0. The third-order valence-corrected chi connectivity index (χ3v) is 3.83. The van der Waals surface area contributed by atoms with Gasteiger partial charge in [0.1, 0.15) is 0 Å². The second-order valence-corrected chi connectivity index (χ2v) is 5.97. The number of aromatic nitrogens is 2. The summed E-state index contributed by atoms with van der Waals surface area (Å²) in [5.74, 6) is 0.481. The highest BCUT2D eigenvalue weighted by Gasteiger charge is 2.14. The number of aryl methyl sites for hydroxylation is 1. The highest BCUT2D eigenvalue weighted by molar-refractivity contribution is 5.28. The molecular weight excluding hydrogens is 258 g/mol. The first-order valence-corrected chi connectivity index (χ1v) is 7.93. The van der Waals surface area contributed by atoms with Crippen molar-refractivity contribution in [3.63, 3.8) is 0 Å². The Morgan fingerprint density at radius 2 is 1.95 bits per heavy atom.